The number of hydrogen-bond acceptors (Lipinski definition) is 3. The van der Waals surface area contributed by atoms with Crippen LogP contribution in [0.1, 0.15) is 55.3 Å². The number of amides is 2. The molecule has 1 heterocycles. The van der Waals surface area contributed by atoms with E-state index in [1.807, 2.05) is 5.38 Å². The molecule has 0 saturated heterocycles. The zero-order valence-electron chi connectivity index (χ0n) is 12.4. The van der Waals surface area contributed by atoms with E-state index in [0.29, 0.717) is 18.5 Å². The number of carbonyl (C=O) groups excluding carboxylic acids is 2. The first kappa shape index (κ1) is 16.0. The molecule has 0 bridgehead atoms. The summed E-state index contributed by atoms with van der Waals surface area (Å²) in [4.78, 5) is 23.3. The molecule has 0 spiro atoms. The van der Waals surface area contributed by atoms with Crippen molar-refractivity contribution in [1.29, 1.82) is 0 Å². The summed E-state index contributed by atoms with van der Waals surface area (Å²) in [6.07, 6.45) is 8.12. The van der Waals surface area contributed by atoms with Gasteiger partial charge < -0.3 is 10.6 Å². The molecule has 4 nitrogen and oxygen atoms in total. The predicted molar refractivity (Wildman–Crippen MR) is 85.5 cm³/mol. The van der Waals surface area contributed by atoms with Gasteiger partial charge in [-0.15, -0.1) is 0 Å². The van der Waals surface area contributed by atoms with Crippen LogP contribution in [0, 0.1) is 5.92 Å². The largest absolute Gasteiger partial charge is 0.356 e. The van der Waals surface area contributed by atoms with Crippen LogP contribution in [0.4, 0.5) is 0 Å². The maximum Gasteiger partial charge on any atom is 0.252 e. The lowest BCUT2D eigenvalue weighted by Gasteiger charge is -2.09. The number of rotatable bonds is 8. The molecule has 2 rings (SSSR count). The van der Waals surface area contributed by atoms with Gasteiger partial charge in [-0.1, -0.05) is 25.7 Å². The van der Waals surface area contributed by atoms with E-state index in [1.54, 1.807) is 11.4 Å². The molecule has 1 aliphatic carbocycles. The molecule has 1 aromatic heterocycles. The summed E-state index contributed by atoms with van der Waals surface area (Å²) in [6.45, 7) is 1.15. The second kappa shape index (κ2) is 8.82. The Morgan fingerprint density at radius 2 is 2.00 bits per heavy atom. The Morgan fingerprint density at radius 1 is 1.19 bits per heavy atom. The van der Waals surface area contributed by atoms with Gasteiger partial charge in [0.15, 0.2) is 0 Å². The third kappa shape index (κ3) is 5.87. The fourth-order valence-electron chi connectivity index (χ4n) is 2.79. The molecule has 2 amide bonds. The first-order valence-corrected chi connectivity index (χ1v) is 8.77. The quantitative estimate of drug-likeness (QED) is 0.725. The van der Waals surface area contributed by atoms with E-state index < -0.39 is 0 Å². The second-order valence-corrected chi connectivity index (χ2v) is 6.44. The first-order chi connectivity index (χ1) is 10.3. The van der Waals surface area contributed by atoms with Crippen molar-refractivity contribution in [3.63, 3.8) is 0 Å². The normalized spacial score (nSPS) is 15.0. The monoisotopic (exact) mass is 308 g/mol. The predicted octanol–water partition coefficient (Wildman–Crippen LogP) is 2.95. The molecule has 21 heavy (non-hydrogen) atoms. The van der Waals surface area contributed by atoms with Crippen molar-refractivity contribution < 1.29 is 9.59 Å². The van der Waals surface area contributed by atoms with Gasteiger partial charge in [-0.25, -0.2) is 0 Å². The maximum absolute atomic E-state index is 11.7. The van der Waals surface area contributed by atoms with Gasteiger partial charge in [-0.2, -0.15) is 11.3 Å². The topological polar surface area (TPSA) is 58.2 Å². The SMILES string of the molecule is O=C(CCNC(=O)c1ccsc1)NCCCC1CCCC1. The average Bonchev–Trinajstić information content (AvgIpc) is 3.16. The van der Waals surface area contributed by atoms with Crippen molar-refractivity contribution in [2.45, 2.75) is 44.9 Å². The number of carbonyl (C=O) groups is 2. The van der Waals surface area contributed by atoms with Gasteiger partial charge in [0.25, 0.3) is 5.91 Å². The Kier molecular flexibility index (Phi) is 6.73. The van der Waals surface area contributed by atoms with Gasteiger partial charge >= 0.3 is 0 Å². The molecule has 0 atom stereocenters. The molecule has 0 aromatic carbocycles. The van der Waals surface area contributed by atoms with Crippen LogP contribution in [0.25, 0.3) is 0 Å². The van der Waals surface area contributed by atoms with Gasteiger partial charge in [0, 0.05) is 30.5 Å². The molecule has 2 N–H and O–H groups in total. The van der Waals surface area contributed by atoms with Gasteiger partial charge in [0.2, 0.25) is 5.91 Å². The minimum absolute atomic E-state index is 0.0204. The molecule has 1 aromatic rings. The summed E-state index contributed by atoms with van der Waals surface area (Å²) >= 11 is 1.49. The standard InChI is InChI=1S/C16H24N2O2S/c19-15(17-9-3-6-13-4-1-2-5-13)7-10-18-16(20)14-8-11-21-12-14/h8,11-13H,1-7,9-10H2,(H,17,19)(H,18,20). The summed E-state index contributed by atoms with van der Waals surface area (Å²) in [5.41, 5.74) is 0.664. The smallest absolute Gasteiger partial charge is 0.252 e. The van der Waals surface area contributed by atoms with Crippen LogP contribution in [-0.4, -0.2) is 24.9 Å². The Labute approximate surface area is 130 Å². The van der Waals surface area contributed by atoms with E-state index >= 15 is 0 Å². The van der Waals surface area contributed by atoms with Crippen molar-refractivity contribution in [2.75, 3.05) is 13.1 Å². The molecule has 0 radical (unpaired) electrons. The highest BCUT2D eigenvalue weighted by Crippen LogP contribution is 2.28. The molecule has 0 unspecified atom stereocenters. The lowest BCUT2D eigenvalue weighted by Crippen LogP contribution is -2.31. The third-order valence-corrected chi connectivity index (χ3v) is 4.69. The van der Waals surface area contributed by atoms with Crippen LogP contribution in [0.2, 0.25) is 0 Å². The number of thiophene rings is 1. The summed E-state index contributed by atoms with van der Waals surface area (Å²) < 4.78 is 0. The second-order valence-electron chi connectivity index (χ2n) is 5.66. The minimum atomic E-state index is -0.106. The van der Waals surface area contributed by atoms with Crippen LogP contribution in [0.5, 0.6) is 0 Å². The maximum atomic E-state index is 11.7. The summed E-state index contributed by atoms with van der Waals surface area (Å²) in [5, 5.41) is 9.36. The highest BCUT2D eigenvalue weighted by Gasteiger charge is 2.14. The van der Waals surface area contributed by atoms with Gasteiger partial charge in [0.1, 0.15) is 0 Å². The van der Waals surface area contributed by atoms with Crippen molar-refractivity contribution >= 4 is 23.2 Å². The van der Waals surface area contributed by atoms with Crippen molar-refractivity contribution in [2.24, 2.45) is 5.92 Å². The van der Waals surface area contributed by atoms with Crippen LogP contribution in [0.15, 0.2) is 16.8 Å². The molecule has 1 aliphatic rings. The van der Waals surface area contributed by atoms with Crippen molar-refractivity contribution in [3.05, 3.63) is 22.4 Å². The van der Waals surface area contributed by atoms with Gasteiger partial charge in [-0.05, 0) is 30.2 Å². The van der Waals surface area contributed by atoms with Crippen LogP contribution in [-0.2, 0) is 4.79 Å². The zero-order chi connectivity index (χ0) is 14.9. The van der Waals surface area contributed by atoms with Crippen molar-refractivity contribution in [3.8, 4) is 0 Å². The molecule has 1 saturated carbocycles. The van der Waals surface area contributed by atoms with E-state index in [2.05, 4.69) is 10.6 Å². The summed E-state index contributed by atoms with van der Waals surface area (Å²) in [5.74, 6) is 0.795. The summed E-state index contributed by atoms with van der Waals surface area (Å²) in [6, 6.07) is 1.78. The molecule has 1 fully saturated rings. The van der Waals surface area contributed by atoms with E-state index in [4.69, 9.17) is 0 Å². The van der Waals surface area contributed by atoms with Crippen LogP contribution < -0.4 is 10.6 Å². The van der Waals surface area contributed by atoms with Gasteiger partial charge in [-0.3, -0.25) is 9.59 Å². The lowest BCUT2D eigenvalue weighted by atomic mass is 10.0. The number of nitrogens with one attached hydrogen (secondary N) is 2. The fraction of sp³-hybridized carbons (Fsp3) is 0.625. The minimum Gasteiger partial charge on any atom is -0.356 e. The number of hydrogen-bond donors (Lipinski definition) is 2. The highest BCUT2D eigenvalue weighted by molar-refractivity contribution is 7.08. The third-order valence-electron chi connectivity index (χ3n) is 4.01. The molecule has 0 aliphatic heterocycles. The Bertz CT molecular complexity index is 439. The first-order valence-electron chi connectivity index (χ1n) is 7.83. The van der Waals surface area contributed by atoms with Crippen molar-refractivity contribution in [1.82, 2.24) is 10.6 Å². The van der Waals surface area contributed by atoms with E-state index in [-0.39, 0.29) is 11.8 Å². The highest BCUT2D eigenvalue weighted by atomic mass is 32.1. The van der Waals surface area contributed by atoms with E-state index in [1.165, 1.54) is 43.4 Å². The molecule has 116 valence electrons. The Hall–Kier alpha value is -1.36. The fourth-order valence-corrected chi connectivity index (χ4v) is 3.43. The van der Waals surface area contributed by atoms with Crippen LogP contribution in [0.3, 0.4) is 0 Å². The average molecular weight is 308 g/mol. The molecule has 5 heteroatoms. The zero-order valence-corrected chi connectivity index (χ0v) is 13.2. The Balaban J connectivity index is 1.48. The van der Waals surface area contributed by atoms with Crippen LogP contribution >= 0.6 is 11.3 Å². The molecular formula is C16H24N2O2S. The van der Waals surface area contributed by atoms with Gasteiger partial charge in [0.05, 0.1) is 0 Å². The van der Waals surface area contributed by atoms with E-state index in [0.717, 1.165) is 18.9 Å². The molecular weight excluding hydrogens is 284 g/mol. The summed E-state index contributed by atoms with van der Waals surface area (Å²) in [7, 11) is 0. The van der Waals surface area contributed by atoms with E-state index in [9.17, 15) is 9.59 Å². The Morgan fingerprint density at radius 3 is 2.71 bits per heavy atom. The lowest BCUT2D eigenvalue weighted by molar-refractivity contribution is -0.120.